The Kier molecular flexibility index (Phi) is 4.66. The summed E-state index contributed by atoms with van der Waals surface area (Å²) in [4.78, 5) is 11.3. The van der Waals surface area contributed by atoms with Crippen molar-refractivity contribution in [1.82, 2.24) is 0 Å². The van der Waals surface area contributed by atoms with Gasteiger partial charge in [-0.3, -0.25) is 0 Å². The third kappa shape index (κ3) is 2.98. The number of hydrogen-bond donors (Lipinski definition) is 0. The maximum Gasteiger partial charge on any atom is 0.337 e. The monoisotopic (exact) mass is 340 g/mol. The van der Waals surface area contributed by atoms with Crippen LogP contribution < -0.4 is 4.74 Å². The lowest BCUT2D eigenvalue weighted by Crippen LogP contribution is -2.03. The molecule has 0 heterocycles. The zero-order chi connectivity index (χ0) is 11.4. The fraction of sp³-hybridized carbons (Fsp3) is 0.300. The fourth-order valence-electron chi connectivity index (χ4n) is 1.08. The van der Waals surface area contributed by atoms with Gasteiger partial charge in [-0.1, -0.05) is 11.6 Å². The van der Waals surface area contributed by atoms with Crippen LogP contribution in [0.4, 0.5) is 0 Å². The van der Waals surface area contributed by atoms with E-state index in [2.05, 4.69) is 27.3 Å². The second kappa shape index (κ2) is 5.55. The Bertz CT molecular complexity index is 356. The van der Waals surface area contributed by atoms with Gasteiger partial charge in [-0.25, -0.2) is 4.79 Å². The van der Waals surface area contributed by atoms with Crippen molar-refractivity contribution in [2.45, 2.75) is 6.92 Å². The van der Waals surface area contributed by atoms with Crippen LogP contribution in [0.15, 0.2) is 12.1 Å². The fourth-order valence-corrected chi connectivity index (χ4v) is 2.29. The predicted molar refractivity (Wildman–Crippen MR) is 66.7 cm³/mol. The standard InChI is InChI=1S/C10H10ClIO3/c1-3-15-9-7(11)4-6(5-8(9)12)10(13)14-2/h4-5H,3H2,1-2H3. The largest absolute Gasteiger partial charge is 0.491 e. The molecule has 0 atom stereocenters. The first-order valence-corrected chi connectivity index (χ1v) is 5.76. The summed E-state index contributed by atoms with van der Waals surface area (Å²) >= 11 is 8.04. The van der Waals surface area contributed by atoms with Crippen molar-refractivity contribution in [3.8, 4) is 5.75 Å². The highest BCUT2D eigenvalue weighted by molar-refractivity contribution is 14.1. The molecule has 3 nitrogen and oxygen atoms in total. The Morgan fingerprint density at radius 3 is 2.67 bits per heavy atom. The summed E-state index contributed by atoms with van der Waals surface area (Å²) in [5.41, 5.74) is 0.426. The molecule has 1 aromatic rings. The van der Waals surface area contributed by atoms with E-state index < -0.39 is 5.97 Å². The zero-order valence-electron chi connectivity index (χ0n) is 8.34. The van der Waals surface area contributed by atoms with E-state index in [1.165, 1.54) is 7.11 Å². The minimum absolute atomic E-state index is 0.405. The van der Waals surface area contributed by atoms with Crippen molar-refractivity contribution in [3.05, 3.63) is 26.3 Å². The van der Waals surface area contributed by atoms with Gasteiger partial charge in [0.1, 0.15) is 0 Å². The number of hydrogen-bond acceptors (Lipinski definition) is 3. The molecule has 0 N–H and O–H groups in total. The lowest BCUT2D eigenvalue weighted by atomic mass is 10.2. The molecule has 1 aromatic carbocycles. The van der Waals surface area contributed by atoms with Crippen LogP contribution >= 0.6 is 34.2 Å². The number of carbonyl (C=O) groups is 1. The maximum atomic E-state index is 11.3. The van der Waals surface area contributed by atoms with Gasteiger partial charge in [-0.15, -0.1) is 0 Å². The van der Waals surface area contributed by atoms with Crippen LogP contribution in [-0.4, -0.2) is 19.7 Å². The molecule has 0 aromatic heterocycles. The molecule has 0 fully saturated rings. The summed E-state index contributed by atoms with van der Waals surface area (Å²) in [5, 5.41) is 0.421. The van der Waals surface area contributed by atoms with Crippen LogP contribution in [0.3, 0.4) is 0 Å². The summed E-state index contributed by atoms with van der Waals surface area (Å²) in [6.45, 7) is 2.41. The van der Waals surface area contributed by atoms with Crippen LogP contribution in [0.1, 0.15) is 17.3 Å². The second-order valence-electron chi connectivity index (χ2n) is 2.69. The molecule has 0 spiro atoms. The van der Waals surface area contributed by atoms with Crippen LogP contribution in [0.2, 0.25) is 5.02 Å². The van der Waals surface area contributed by atoms with Gasteiger partial charge in [0.2, 0.25) is 0 Å². The Labute approximate surface area is 107 Å². The second-order valence-corrected chi connectivity index (χ2v) is 4.26. The van der Waals surface area contributed by atoms with Crippen molar-refractivity contribution in [2.75, 3.05) is 13.7 Å². The van der Waals surface area contributed by atoms with Crippen LogP contribution in [0, 0.1) is 3.57 Å². The molecular formula is C10H10ClIO3. The first-order valence-electron chi connectivity index (χ1n) is 4.30. The SMILES string of the molecule is CCOc1c(Cl)cc(C(=O)OC)cc1I. The Morgan fingerprint density at radius 2 is 2.20 bits per heavy atom. The molecule has 0 aliphatic carbocycles. The van der Waals surface area contributed by atoms with Gasteiger partial charge in [0.05, 0.1) is 27.9 Å². The predicted octanol–water partition coefficient (Wildman–Crippen LogP) is 3.13. The highest BCUT2D eigenvalue weighted by Crippen LogP contribution is 2.31. The van der Waals surface area contributed by atoms with Crippen LogP contribution in [0.25, 0.3) is 0 Å². The van der Waals surface area contributed by atoms with Gasteiger partial charge < -0.3 is 9.47 Å². The topological polar surface area (TPSA) is 35.5 Å². The molecule has 0 amide bonds. The zero-order valence-corrected chi connectivity index (χ0v) is 11.3. The number of methoxy groups -OCH3 is 1. The number of rotatable bonds is 3. The third-order valence-corrected chi connectivity index (χ3v) is 2.79. The van der Waals surface area contributed by atoms with E-state index in [0.29, 0.717) is 22.9 Å². The molecule has 1 rings (SSSR count). The summed E-state index contributed by atoms with van der Waals surface area (Å²) in [5.74, 6) is 0.199. The Morgan fingerprint density at radius 1 is 1.53 bits per heavy atom. The summed E-state index contributed by atoms with van der Waals surface area (Å²) in [7, 11) is 1.33. The average molecular weight is 341 g/mol. The molecule has 82 valence electrons. The molecular weight excluding hydrogens is 330 g/mol. The van der Waals surface area contributed by atoms with Gasteiger partial charge in [-0.2, -0.15) is 0 Å². The number of halogens is 2. The molecule has 0 aliphatic heterocycles. The van der Waals surface area contributed by atoms with Gasteiger partial charge in [0.15, 0.2) is 5.75 Å². The van der Waals surface area contributed by atoms with E-state index in [0.717, 1.165) is 3.57 Å². The molecule has 0 aliphatic rings. The highest BCUT2D eigenvalue weighted by atomic mass is 127. The first-order chi connectivity index (χ1) is 7.10. The van der Waals surface area contributed by atoms with E-state index in [1.807, 2.05) is 6.92 Å². The molecule has 5 heteroatoms. The van der Waals surface area contributed by atoms with E-state index in [9.17, 15) is 4.79 Å². The number of benzene rings is 1. The molecule has 0 bridgehead atoms. The van der Waals surface area contributed by atoms with Crippen molar-refractivity contribution >= 4 is 40.2 Å². The summed E-state index contributed by atoms with van der Waals surface area (Å²) in [6.07, 6.45) is 0. The summed E-state index contributed by atoms with van der Waals surface area (Å²) < 4.78 is 10.7. The third-order valence-electron chi connectivity index (χ3n) is 1.71. The van der Waals surface area contributed by atoms with Gasteiger partial charge in [-0.05, 0) is 41.6 Å². The van der Waals surface area contributed by atoms with Gasteiger partial charge >= 0.3 is 5.97 Å². The van der Waals surface area contributed by atoms with Crippen LogP contribution in [-0.2, 0) is 4.74 Å². The van der Waals surface area contributed by atoms with Crippen molar-refractivity contribution in [2.24, 2.45) is 0 Å². The van der Waals surface area contributed by atoms with E-state index in [-0.39, 0.29) is 0 Å². The van der Waals surface area contributed by atoms with Crippen LogP contribution in [0.5, 0.6) is 5.75 Å². The van der Waals surface area contributed by atoms with Crippen molar-refractivity contribution in [1.29, 1.82) is 0 Å². The molecule has 0 unspecified atom stereocenters. The Hall–Kier alpha value is -0.490. The van der Waals surface area contributed by atoms with E-state index in [4.69, 9.17) is 16.3 Å². The number of ether oxygens (including phenoxy) is 2. The average Bonchev–Trinajstić information content (AvgIpc) is 2.22. The minimum atomic E-state index is -0.405. The van der Waals surface area contributed by atoms with E-state index >= 15 is 0 Å². The normalized spacial score (nSPS) is 9.87. The quantitative estimate of drug-likeness (QED) is 0.626. The minimum Gasteiger partial charge on any atom is -0.491 e. The van der Waals surface area contributed by atoms with E-state index in [1.54, 1.807) is 12.1 Å². The Balaban J connectivity index is 3.13. The first kappa shape index (κ1) is 12.6. The lowest BCUT2D eigenvalue weighted by Gasteiger charge is -2.09. The molecule has 15 heavy (non-hydrogen) atoms. The highest BCUT2D eigenvalue weighted by Gasteiger charge is 2.13. The van der Waals surface area contributed by atoms with Gasteiger partial charge in [0, 0.05) is 0 Å². The van der Waals surface area contributed by atoms with Crippen molar-refractivity contribution in [3.63, 3.8) is 0 Å². The lowest BCUT2D eigenvalue weighted by molar-refractivity contribution is 0.0600. The number of carbonyl (C=O) groups excluding carboxylic acids is 1. The maximum absolute atomic E-state index is 11.3. The summed E-state index contributed by atoms with van der Waals surface area (Å²) in [6, 6.07) is 3.23. The molecule has 0 radical (unpaired) electrons. The smallest absolute Gasteiger partial charge is 0.337 e. The molecule has 0 saturated carbocycles. The van der Waals surface area contributed by atoms with Gasteiger partial charge in [0.25, 0.3) is 0 Å². The molecule has 0 saturated heterocycles. The van der Waals surface area contributed by atoms with Crippen molar-refractivity contribution < 1.29 is 14.3 Å². The number of esters is 1.